The van der Waals surface area contributed by atoms with Crippen LogP contribution in [0, 0.1) is 0 Å². The number of hydrogen-bond acceptors (Lipinski definition) is 6. The van der Waals surface area contributed by atoms with Gasteiger partial charge in [-0.2, -0.15) is 5.01 Å². The molecule has 1 heterocycles. The number of rotatable bonds is 6. The number of sulfonamides is 1. The number of urea groups is 1. The molecule has 3 rings (SSSR count). The molecule has 1 saturated carbocycles. The van der Waals surface area contributed by atoms with Gasteiger partial charge in [-0.15, -0.1) is 4.83 Å². The zero-order chi connectivity index (χ0) is 21.1. The Kier molecular flexibility index (Phi) is 6.04. The Morgan fingerprint density at radius 3 is 2.48 bits per heavy atom. The van der Waals surface area contributed by atoms with Crippen molar-refractivity contribution in [1.29, 1.82) is 0 Å². The number of carbonyl (C=O) groups excluding carboxylic acids is 3. The zero-order valence-corrected chi connectivity index (χ0v) is 16.8. The van der Waals surface area contributed by atoms with Crippen molar-refractivity contribution in [2.45, 2.75) is 49.5 Å². The highest BCUT2D eigenvalue weighted by atomic mass is 32.2. The molecule has 2 fully saturated rings. The lowest BCUT2D eigenvalue weighted by Gasteiger charge is -2.30. The van der Waals surface area contributed by atoms with Gasteiger partial charge in [-0.25, -0.2) is 18.0 Å². The summed E-state index contributed by atoms with van der Waals surface area (Å²) in [6.07, 6.45) is 6.30. The van der Waals surface area contributed by atoms with Crippen LogP contribution in [0.4, 0.5) is 4.79 Å². The molecule has 1 spiro atoms. The molecule has 29 heavy (non-hydrogen) atoms. The predicted octanol–water partition coefficient (Wildman–Crippen LogP) is 1.71. The maximum absolute atomic E-state index is 12.7. The summed E-state index contributed by atoms with van der Waals surface area (Å²) < 4.78 is 30.0. The predicted molar refractivity (Wildman–Crippen MR) is 104 cm³/mol. The maximum atomic E-state index is 12.7. The molecule has 1 aromatic carbocycles. The van der Waals surface area contributed by atoms with Crippen molar-refractivity contribution in [2.24, 2.45) is 0 Å². The Morgan fingerprint density at radius 2 is 1.86 bits per heavy atom. The van der Waals surface area contributed by atoms with Crippen LogP contribution in [0.5, 0.6) is 0 Å². The maximum Gasteiger partial charge on any atom is 0.340 e. The van der Waals surface area contributed by atoms with E-state index in [9.17, 15) is 22.8 Å². The molecule has 0 unspecified atom stereocenters. The van der Waals surface area contributed by atoms with Crippen molar-refractivity contribution in [3.8, 4) is 0 Å². The Hall–Kier alpha value is -2.72. The molecule has 2 N–H and O–H groups in total. The van der Waals surface area contributed by atoms with Crippen LogP contribution in [-0.2, 0) is 24.3 Å². The lowest BCUT2D eigenvalue weighted by Crippen LogP contribution is -2.50. The summed E-state index contributed by atoms with van der Waals surface area (Å²) >= 11 is 0. The number of nitrogens with one attached hydrogen (secondary N) is 2. The molecule has 156 valence electrons. The molecule has 0 bridgehead atoms. The molecule has 0 atom stereocenters. The van der Waals surface area contributed by atoms with Gasteiger partial charge in [0.25, 0.3) is 15.9 Å². The molecule has 1 aliphatic heterocycles. The number of imide groups is 1. The first-order valence-corrected chi connectivity index (χ1v) is 10.9. The van der Waals surface area contributed by atoms with Gasteiger partial charge < -0.3 is 10.1 Å². The molecule has 10 heteroatoms. The van der Waals surface area contributed by atoms with Gasteiger partial charge in [0.05, 0.1) is 11.5 Å². The molecule has 1 aliphatic carbocycles. The Bertz CT molecular complexity index is 933. The Labute approximate surface area is 169 Å². The van der Waals surface area contributed by atoms with Crippen molar-refractivity contribution < 1.29 is 27.5 Å². The fraction of sp³-hybridized carbons (Fsp3) is 0.421. The van der Waals surface area contributed by atoms with Gasteiger partial charge in [0, 0.05) is 6.08 Å². The van der Waals surface area contributed by atoms with E-state index in [1.54, 1.807) is 6.92 Å². The third kappa shape index (κ3) is 4.48. The number of esters is 1. The van der Waals surface area contributed by atoms with E-state index in [1.165, 1.54) is 36.4 Å². The van der Waals surface area contributed by atoms with Crippen molar-refractivity contribution in [2.75, 3.05) is 6.61 Å². The number of hydrogen-bond donors (Lipinski definition) is 2. The number of carbonyl (C=O) groups is 3. The molecular formula is C19H23N3O6S. The van der Waals surface area contributed by atoms with Crippen LogP contribution in [-0.4, -0.2) is 43.5 Å². The molecule has 0 aromatic heterocycles. The summed E-state index contributed by atoms with van der Waals surface area (Å²) in [6, 6.07) is 4.87. The van der Waals surface area contributed by atoms with Gasteiger partial charge in [0.15, 0.2) is 0 Å². The Morgan fingerprint density at radius 1 is 1.21 bits per heavy atom. The second-order valence-corrected chi connectivity index (χ2v) is 8.62. The lowest BCUT2D eigenvalue weighted by molar-refractivity contribution is -0.137. The van der Waals surface area contributed by atoms with Gasteiger partial charge in [-0.05, 0) is 43.5 Å². The van der Waals surface area contributed by atoms with Gasteiger partial charge in [0.2, 0.25) is 0 Å². The van der Waals surface area contributed by atoms with E-state index in [0.717, 1.165) is 19.3 Å². The molecule has 3 amide bonds. The van der Waals surface area contributed by atoms with Crippen LogP contribution in [0.25, 0.3) is 6.08 Å². The van der Waals surface area contributed by atoms with E-state index in [4.69, 9.17) is 4.74 Å². The minimum atomic E-state index is -4.14. The average molecular weight is 421 g/mol. The first-order valence-electron chi connectivity index (χ1n) is 9.41. The van der Waals surface area contributed by atoms with E-state index in [2.05, 4.69) is 10.1 Å². The summed E-state index contributed by atoms with van der Waals surface area (Å²) in [4.78, 5) is 38.3. The lowest BCUT2D eigenvalue weighted by atomic mass is 9.82. The van der Waals surface area contributed by atoms with Gasteiger partial charge in [-0.3, -0.25) is 4.79 Å². The normalized spacial score (nSPS) is 19.0. The third-order valence-corrected chi connectivity index (χ3v) is 6.28. The van der Waals surface area contributed by atoms with E-state index in [1.807, 2.05) is 0 Å². The molecule has 1 saturated heterocycles. The van der Waals surface area contributed by atoms with Crippen molar-refractivity contribution >= 4 is 34.0 Å². The highest BCUT2D eigenvalue weighted by Gasteiger charge is 2.52. The summed E-state index contributed by atoms with van der Waals surface area (Å²) in [5, 5.41) is 3.20. The van der Waals surface area contributed by atoms with Crippen LogP contribution in [0.2, 0.25) is 0 Å². The van der Waals surface area contributed by atoms with E-state index >= 15 is 0 Å². The van der Waals surface area contributed by atoms with Crippen LogP contribution in [0.3, 0.4) is 0 Å². The number of benzene rings is 1. The molecule has 0 radical (unpaired) electrons. The summed E-state index contributed by atoms with van der Waals surface area (Å²) in [7, 11) is -4.14. The van der Waals surface area contributed by atoms with E-state index in [-0.39, 0.29) is 11.5 Å². The average Bonchev–Trinajstić information content (AvgIpc) is 2.91. The first-order chi connectivity index (χ1) is 13.8. The highest BCUT2D eigenvalue weighted by Crippen LogP contribution is 2.33. The minimum absolute atomic E-state index is 0.115. The number of ether oxygens (including phenoxy) is 1. The number of hydrazine groups is 1. The van der Waals surface area contributed by atoms with Crippen molar-refractivity contribution in [3.05, 3.63) is 35.9 Å². The van der Waals surface area contributed by atoms with Crippen LogP contribution in [0.15, 0.2) is 35.2 Å². The zero-order valence-electron chi connectivity index (χ0n) is 16.0. The quantitative estimate of drug-likeness (QED) is 0.410. The fourth-order valence-electron chi connectivity index (χ4n) is 3.48. The summed E-state index contributed by atoms with van der Waals surface area (Å²) in [6.45, 7) is 1.95. The third-order valence-electron chi connectivity index (χ3n) is 4.97. The SMILES string of the molecule is CCOC(=O)C=Cc1ccc(S(=O)(=O)NN2C(=O)NC3(CCCCC3)C2=O)cc1. The van der Waals surface area contributed by atoms with E-state index in [0.29, 0.717) is 23.4 Å². The molecule has 2 aliphatic rings. The first kappa shape index (κ1) is 21.0. The van der Waals surface area contributed by atoms with Crippen LogP contribution in [0.1, 0.15) is 44.6 Å². The Balaban J connectivity index is 1.72. The van der Waals surface area contributed by atoms with Crippen LogP contribution >= 0.6 is 0 Å². The highest BCUT2D eigenvalue weighted by molar-refractivity contribution is 7.89. The standard InChI is InChI=1S/C19H23N3O6S/c1-2-28-16(23)11-8-14-6-9-15(10-7-14)29(26,27)21-22-17(24)19(20-18(22)25)12-4-3-5-13-19/h6-11,21H,2-5,12-13H2,1H3,(H,20,25). The topological polar surface area (TPSA) is 122 Å². The summed E-state index contributed by atoms with van der Waals surface area (Å²) in [5.41, 5.74) is -0.423. The van der Waals surface area contributed by atoms with Crippen molar-refractivity contribution in [3.63, 3.8) is 0 Å². The molecular weight excluding hydrogens is 398 g/mol. The van der Waals surface area contributed by atoms with E-state index < -0.39 is 33.5 Å². The monoisotopic (exact) mass is 421 g/mol. The minimum Gasteiger partial charge on any atom is -0.463 e. The molecule has 1 aromatic rings. The number of nitrogens with zero attached hydrogens (tertiary/aromatic N) is 1. The second-order valence-electron chi connectivity index (χ2n) is 6.96. The summed E-state index contributed by atoms with van der Waals surface area (Å²) in [5.74, 6) is -1.07. The largest absolute Gasteiger partial charge is 0.463 e. The van der Waals surface area contributed by atoms with Gasteiger partial charge in [0.1, 0.15) is 5.54 Å². The van der Waals surface area contributed by atoms with Gasteiger partial charge >= 0.3 is 12.0 Å². The smallest absolute Gasteiger partial charge is 0.340 e. The van der Waals surface area contributed by atoms with Crippen molar-refractivity contribution in [1.82, 2.24) is 15.2 Å². The molecule has 9 nitrogen and oxygen atoms in total. The van der Waals surface area contributed by atoms with Crippen LogP contribution < -0.4 is 10.1 Å². The van der Waals surface area contributed by atoms with Gasteiger partial charge in [-0.1, -0.05) is 31.4 Å². The fourth-order valence-corrected chi connectivity index (χ4v) is 4.49. The number of amides is 3. The second kappa shape index (κ2) is 8.34.